The van der Waals surface area contributed by atoms with E-state index < -0.39 is 0 Å². The Labute approximate surface area is 231 Å². The number of aliphatic imine (C=N–C) groups is 2. The van der Waals surface area contributed by atoms with Gasteiger partial charge in [0.2, 0.25) is 0 Å². The molecule has 0 bridgehead atoms. The number of rotatable bonds is 4. The second kappa shape index (κ2) is 9.96. The van der Waals surface area contributed by atoms with Crippen molar-refractivity contribution in [2.45, 2.75) is 12.8 Å². The average molecular weight is 527 g/mol. The highest BCUT2D eigenvalue weighted by Crippen LogP contribution is 2.29. The van der Waals surface area contributed by atoms with Gasteiger partial charge in [0.15, 0.2) is 0 Å². The van der Waals surface area contributed by atoms with E-state index >= 15 is 0 Å². The lowest BCUT2D eigenvalue weighted by atomic mass is 10.1. The van der Waals surface area contributed by atoms with Gasteiger partial charge in [-0.3, -0.25) is 29.5 Å². The molecule has 7 rings (SSSR count). The normalized spacial score (nSPS) is 15.8. The van der Waals surface area contributed by atoms with E-state index in [4.69, 9.17) is 9.98 Å². The van der Waals surface area contributed by atoms with Crippen LogP contribution in [0, 0.1) is 0 Å². The Morgan fingerprint density at radius 2 is 1.00 bits per heavy atom. The van der Waals surface area contributed by atoms with Crippen LogP contribution in [-0.4, -0.2) is 69.2 Å². The number of piperazine rings is 1. The van der Waals surface area contributed by atoms with Crippen LogP contribution in [0.3, 0.4) is 0 Å². The number of benzene rings is 2. The lowest BCUT2D eigenvalue weighted by Crippen LogP contribution is -2.50. The Kier molecular flexibility index (Phi) is 6.00. The minimum Gasteiger partial charge on any atom is -0.335 e. The number of para-hydroxylation sites is 2. The summed E-state index contributed by atoms with van der Waals surface area (Å²) in [6, 6.07) is 23.2. The first-order valence-corrected chi connectivity index (χ1v) is 13.4. The zero-order valence-corrected chi connectivity index (χ0v) is 21.8. The highest BCUT2D eigenvalue weighted by atomic mass is 16.2. The van der Waals surface area contributed by atoms with Crippen LogP contribution in [0.2, 0.25) is 0 Å². The minimum atomic E-state index is -0.0585. The van der Waals surface area contributed by atoms with Gasteiger partial charge in [-0.05, 0) is 47.5 Å². The molecule has 8 heteroatoms. The van der Waals surface area contributed by atoms with E-state index in [1.165, 1.54) is 11.1 Å². The van der Waals surface area contributed by atoms with Gasteiger partial charge < -0.3 is 9.80 Å². The van der Waals surface area contributed by atoms with Gasteiger partial charge in [-0.15, -0.1) is 0 Å². The summed E-state index contributed by atoms with van der Waals surface area (Å²) in [6.07, 6.45) is 4.75. The molecule has 2 aromatic carbocycles. The van der Waals surface area contributed by atoms with Crippen LogP contribution in [0.5, 0.6) is 0 Å². The number of hydrogen-bond donors (Lipinski definition) is 0. The number of hydrogen-bond acceptors (Lipinski definition) is 6. The summed E-state index contributed by atoms with van der Waals surface area (Å²) in [5.41, 5.74) is 8.60. The van der Waals surface area contributed by atoms with Crippen molar-refractivity contribution in [1.29, 1.82) is 0 Å². The van der Waals surface area contributed by atoms with E-state index in [1.54, 1.807) is 34.3 Å². The molecule has 3 aliphatic heterocycles. The van der Waals surface area contributed by atoms with Crippen LogP contribution in [0.1, 0.15) is 43.2 Å². The molecule has 2 aromatic heterocycles. The Hall–Kier alpha value is -4.98. The zero-order valence-electron chi connectivity index (χ0n) is 21.8. The van der Waals surface area contributed by atoms with E-state index in [-0.39, 0.29) is 11.8 Å². The standard InChI is InChI=1S/C32H26N6O2/c39-31(23-9-11-33-27(19-23)29-17-21-5-1-3-7-25(21)35-29)37-13-15-38(16-14-37)32(40)24-10-12-34-28(20-24)30-18-22-6-2-4-8-26(22)36-30/h1-12,19-20H,13-18H2. The molecule has 8 nitrogen and oxygen atoms in total. The highest BCUT2D eigenvalue weighted by Gasteiger charge is 2.27. The predicted molar refractivity (Wildman–Crippen MR) is 153 cm³/mol. The number of nitrogens with zero attached hydrogens (tertiary/aromatic N) is 6. The summed E-state index contributed by atoms with van der Waals surface area (Å²) in [5, 5.41) is 0. The molecule has 2 amide bonds. The van der Waals surface area contributed by atoms with E-state index in [0.29, 0.717) is 50.1 Å². The first-order chi connectivity index (χ1) is 19.6. The van der Waals surface area contributed by atoms with Gasteiger partial charge in [0.1, 0.15) is 0 Å². The first kappa shape index (κ1) is 24.1. The largest absolute Gasteiger partial charge is 0.335 e. The maximum absolute atomic E-state index is 13.4. The smallest absolute Gasteiger partial charge is 0.254 e. The highest BCUT2D eigenvalue weighted by molar-refractivity contribution is 6.07. The van der Waals surface area contributed by atoms with Crippen molar-refractivity contribution < 1.29 is 9.59 Å². The topological polar surface area (TPSA) is 91.1 Å². The maximum atomic E-state index is 13.4. The molecule has 0 N–H and O–H groups in total. The fourth-order valence-corrected chi connectivity index (χ4v) is 5.49. The summed E-state index contributed by atoms with van der Waals surface area (Å²) in [7, 11) is 0. The summed E-state index contributed by atoms with van der Waals surface area (Å²) < 4.78 is 0. The number of aromatic nitrogens is 2. The van der Waals surface area contributed by atoms with E-state index in [9.17, 15) is 9.59 Å². The molecule has 1 fully saturated rings. The lowest BCUT2D eigenvalue weighted by Gasteiger charge is -2.35. The van der Waals surface area contributed by atoms with Crippen LogP contribution >= 0.6 is 0 Å². The molecule has 5 heterocycles. The molecule has 3 aliphatic rings. The van der Waals surface area contributed by atoms with Crippen LogP contribution in [0.25, 0.3) is 0 Å². The maximum Gasteiger partial charge on any atom is 0.254 e. The number of pyridine rings is 2. The van der Waals surface area contributed by atoms with E-state index in [2.05, 4.69) is 22.1 Å². The Balaban J connectivity index is 1.00. The van der Waals surface area contributed by atoms with Crippen molar-refractivity contribution in [3.63, 3.8) is 0 Å². The molecule has 0 spiro atoms. The minimum absolute atomic E-state index is 0.0585. The molecule has 4 aromatic rings. The quantitative estimate of drug-likeness (QED) is 0.393. The van der Waals surface area contributed by atoms with Crippen molar-refractivity contribution in [1.82, 2.24) is 19.8 Å². The molecule has 0 radical (unpaired) electrons. The fourth-order valence-electron chi connectivity index (χ4n) is 5.49. The fraction of sp³-hybridized carbons (Fsp3) is 0.188. The van der Waals surface area contributed by atoms with E-state index in [0.717, 1.165) is 34.2 Å². The lowest BCUT2D eigenvalue weighted by molar-refractivity contribution is 0.0535. The van der Waals surface area contributed by atoms with Gasteiger partial charge >= 0.3 is 0 Å². The van der Waals surface area contributed by atoms with Gasteiger partial charge in [-0.25, -0.2) is 0 Å². The Bertz CT molecular complexity index is 1590. The molecule has 0 unspecified atom stereocenters. The van der Waals surface area contributed by atoms with Crippen LogP contribution in [-0.2, 0) is 12.8 Å². The third-order valence-electron chi connectivity index (χ3n) is 7.67. The predicted octanol–water partition coefficient (Wildman–Crippen LogP) is 4.43. The van der Waals surface area contributed by atoms with Gasteiger partial charge in [0.05, 0.1) is 34.2 Å². The molecule has 0 atom stereocenters. The third-order valence-corrected chi connectivity index (χ3v) is 7.67. The number of amides is 2. The van der Waals surface area contributed by atoms with Gasteiger partial charge in [0.25, 0.3) is 11.8 Å². The second-order valence-corrected chi connectivity index (χ2v) is 10.2. The number of carbonyl (C=O) groups excluding carboxylic acids is 2. The number of fused-ring (bicyclic) bond motifs is 2. The summed E-state index contributed by atoms with van der Waals surface area (Å²) in [4.78, 5) is 48.7. The molecule has 1 saturated heterocycles. The average Bonchev–Trinajstić information content (AvgIpc) is 3.65. The second-order valence-electron chi connectivity index (χ2n) is 10.2. The number of carbonyl (C=O) groups is 2. The van der Waals surface area contributed by atoms with Crippen molar-refractivity contribution >= 4 is 34.6 Å². The van der Waals surface area contributed by atoms with Gasteiger partial charge in [-0.1, -0.05) is 36.4 Å². The summed E-state index contributed by atoms with van der Waals surface area (Å²) >= 11 is 0. The third kappa shape index (κ3) is 4.47. The molecule has 0 aliphatic carbocycles. The van der Waals surface area contributed by atoms with Crippen molar-refractivity contribution in [3.05, 3.63) is 119 Å². The zero-order chi connectivity index (χ0) is 27.1. The Morgan fingerprint density at radius 1 is 0.575 bits per heavy atom. The van der Waals surface area contributed by atoms with Crippen LogP contribution in [0.15, 0.2) is 95.2 Å². The summed E-state index contributed by atoms with van der Waals surface area (Å²) in [6.45, 7) is 1.87. The van der Waals surface area contributed by atoms with Gasteiger partial charge in [-0.2, -0.15) is 0 Å². The van der Waals surface area contributed by atoms with Gasteiger partial charge in [0, 0.05) is 62.5 Å². The van der Waals surface area contributed by atoms with Crippen LogP contribution < -0.4 is 0 Å². The SMILES string of the molecule is O=C(c1ccnc(C2=Nc3ccccc3C2)c1)N1CCN(C(=O)c2ccnc(C3=Nc4ccccc4C3)c2)CC1. The Morgan fingerprint density at radius 3 is 1.43 bits per heavy atom. The molecule has 196 valence electrons. The molecule has 0 saturated carbocycles. The molecule has 40 heavy (non-hydrogen) atoms. The van der Waals surface area contributed by atoms with Crippen molar-refractivity contribution in [3.8, 4) is 0 Å². The molecular weight excluding hydrogens is 500 g/mol. The van der Waals surface area contributed by atoms with Crippen LogP contribution in [0.4, 0.5) is 11.4 Å². The summed E-state index contributed by atoms with van der Waals surface area (Å²) in [5.74, 6) is -0.117. The monoisotopic (exact) mass is 526 g/mol. The van der Waals surface area contributed by atoms with Crippen molar-refractivity contribution in [2.24, 2.45) is 9.98 Å². The van der Waals surface area contributed by atoms with Crippen molar-refractivity contribution in [2.75, 3.05) is 26.2 Å². The van der Waals surface area contributed by atoms with E-state index in [1.807, 2.05) is 48.5 Å². The first-order valence-electron chi connectivity index (χ1n) is 13.4. The molecular formula is C32H26N6O2.